The van der Waals surface area contributed by atoms with Crippen LogP contribution < -0.4 is 16.0 Å². The van der Waals surface area contributed by atoms with Gasteiger partial charge in [0.2, 0.25) is 11.9 Å². The van der Waals surface area contributed by atoms with E-state index in [1.165, 1.54) is 0 Å². The second-order valence-corrected chi connectivity index (χ2v) is 11.9. The van der Waals surface area contributed by atoms with Crippen LogP contribution in [-0.4, -0.2) is 28.2 Å². The number of carbonyl (C=O) groups is 1. The van der Waals surface area contributed by atoms with Gasteiger partial charge in [-0.05, 0) is 79.6 Å². The SMILES string of the molecule is Cc1ccccc1C1(C(=O)Nc2ccc(-c3cnc4nc3NCCCCS(=N)c3cccc(c3)N4)cc2)CC1. The highest BCUT2D eigenvalue weighted by Crippen LogP contribution is 2.50. The summed E-state index contributed by atoms with van der Waals surface area (Å²) in [6, 6.07) is 24.1. The first-order valence-electron chi connectivity index (χ1n) is 13.4. The number of anilines is 4. The maximum Gasteiger partial charge on any atom is 0.235 e. The highest BCUT2D eigenvalue weighted by molar-refractivity contribution is 7.86. The van der Waals surface area contributed by atoms with E-state index in [0.717, 1.165) is 82.3 Å². The number of hydrogen-bond acceptors (Lipinski definition) is 6. The lowest BCUT2D eigenvalue weighted by Gasteiger charge is -2.18. The van der Waals surface area contributed by atoms with E-state index in [9.17, 15) is 4.79 Å². The van der Waals surface area contributed by atoms with Crippen molar-refractivity contribution in [2.45, 2.75) is 42.9 Å². The predicted molar refractivity (Wildman–Crippen MR) is 159 cm³/mol. The highest BCUT2D eigenvalue weighted by Gasteiger charge is 2.51. The van der Waals surface area contributed by atoms with Gasteiger partial charge in [-0.15, -0.1) is 0 Å². The van der Waals surface area contributed by atoms with Gasteiger partial charge >= 0.3 is 0 Å². The summed E-state index contributed by atoms with van der Waals surface area (Å²) in [5.41, 5.74) is 5.41. The van der Waals surface area contributed by atoms with Crippen molar-refractivity contribution in [3.05, 3.63) is 90.1 Å². The van der Waals surface area contributed by atoms with Crippen LogP contribution in [-0.2, 0) is 20.9 Å². The molecule has 1 aliphatic carbocycles. The zero-order valence-corrected chi connectivity index (χ0v) is 22.8. The molecule has 198 valence electrons. The maximum atomic E-state index is 13.3. The van der Waals surface area contributed by atoms with Crippen LogP contribution in [0.3, 0.4) is 0 Å². The molecule has 0 radical (unpaired) electrons. The number of nitrogens with one attached hydrogen (secondary N) is 4. The van der Waals surface area contributed by atoms with Crippen molar-refractivity contribution in [1.82, 2.24) is 9.97 Å². The predicted octanol–water partition coefficient (Wildman–Crippen LogP) is 6.81. The van der Waals surface area contributed by atoms with E-state index in [1.807, 2.05) is 66.9 Å². The Morgan fingerprint density at radius 1 is 1.03 bits per heavy atom. The number of benzene rings is 3. The number of rotatable bonds is 4. The van der Waals surface area contributed by atoms with Gasteiger partial charge in [0.1, 0.15) is 5.82 Å². The zero-order chi connectivity index (χ0) is 26.8. The number of nitrogens with zero attached hydrogens (tertiary/aromatic N) is 2. The summed E-state index contributed by atoms with van der Waals surface area (Å²) >= 11 is 0. The molecule has 1 saturated carbocycles. The van der Waals surface area contributed by atoms with Crippen LogP contribution in [0.2, 0.25) is 0 Å². The third-order valence-electron chi connectivity index (χ3n) is 7.53. The minimum absolute atomic E-state index is 0.0580. The number of amides is 1. The minimum Gasteiger partial charge on any atom is -0.369 e. The van der Waals surface area contributed by atoms with Gasteiger partial charge in [0, 0.05) is 40.3 Å². The van der Waals surface area contributed by atoms with E-state index >= 15 is 0 Å². The third-order valence-corrected chi connectivity index (χ3v) is 9.05. The molecule has 1 atom stereocenters. The number of carbonyl (C=O) groups excluding carboxylic acids is 1. The lowest BCUT2D eigenvalue weighted by molar-refractivity contribution is -0.118. The van der Waals surface area contributed by atoms with Crippen LogP contribution in [0, 0.1) is 11.7 Å². The summed E-state index contributed by atoms with van der Waals surface area (Å²) in [6.07, 6.45) is 5.52. The van der Waals surface area contributed by atoms with Gasteiger partial charge in [-0.2, -0.15) is 4.98 Å². The largest absolute Gasteiger partial charge is 0.369 e. The summed E-state index contributed by atoms with van der Waals surface area (Å²) in [5.74, 6) is 2.18. The second kappa shape index (κ2) is 10.6. The molecule has 1 aliphatic heterocycles. The highest BCUT2D eigenvalue weighted by atomic mass is 32.2. The fraction of sp³-hybridized carbons (Fsp3) is 0.258. The van der Waals surface area contributed by atoms with Gasteiger partial charge in [0.05, 0.1) is 5.41 Å². The van der Waals surface area contributed by atoms with Gasteiger partial charge in [-0.3, -0.25) is 9.57 Å². The topological polar surface area (TPSA) is 103 Å². The molecule has 39 heavy (non-hydrogen) atoms. The van der Waals surface area contributed by atoms with Crippen LogP contribution in [0.1, 0.15) is 36.8 Å². The van der Waals surface area contributed by atoms with Gasteiger partial charge in [0.15, 0.2) is 0 Å². The molecule has 4 bridgehead atoms. The van der Waals surface area contributed by atoms with E-state index in [2.05, 4.69) is 40.0 Å². The molecule has 0 saturated heterocycles. The Balaban J connectivity index is 1.22. The van der Waals surface area contributed by atoms with Crippen LogP contribution >= 0.6 is 0 Å². The van der Waals surface area contributed by atoms with Gasteiger partial charge in [-0.1, -0.05) is 53.2 Å². The lowest BCUT2D eigenvalue weighted by atomic mass is 9.91. The monoisotopic (exact) mass is 536 g/mol. The lowest BCUT2D eigenvalue weighted by Crippen LogP contribution is -2.28. The average Bonchev–Trinajstić information content (AvgIpc) is 3.75. The number of hydrogen-bond donors (Lipinski definition) is 4. The van der Waals surface area contributed by atoms with Crippen molar-refractivity contribution < 1.29 is 4.79 Å². The second-order valence-electron chi connectivity index (χ2n) is 10.3. The number of aromatic nitrogens is 2. The van der Waals surface area contributed by atoms with Crippen LogP contribution in [0.15, 0.2) is 83.9 Å². The van der Waals surface area contributed by atoms with Crippen molar-refractivity contribution in [2.75, 3.05) is 28.2 Å². The molecule has 3 aromatic carbocycles. The van der Waals surface area contributed by atoms with Crippen molar-refractivity contribution >= 4 is 39.7 Å². The number of fused-ring (bicyclic) bond motifs is 4. The molecule has 6 rings (SSSR count). The smallest absolute Gasteiger partial charge is 0.235 e. The molecule has 4 aromatic rings. The fourth-order valence-electron chi connectivity index (χ4n) is 5.18. The Morgan fingerprint density at radius 3 is 2.64 bits per heavy atom. The van der Waals surface area contributed by atoms with Crippen molar-refractivity contribution in [2.24, 2.45) is 0 Å². The molecule has 1 unspecified atom stereocenters. The van der Waals surface area contributed by atoms with Crippen LogP contribution in [0.5, 0.6) is 0 Å². The molecule has 8 heteroatoms. The first kappa shape index (κ1) is 25.2. The Labute approximate surface area is 231 Å². The molecule has 2 aliphatic rings. The van der Waals surface area contributed by atoms with Gasteiger partial charge in [-0.25, -0.2) is 4.98 Å². The van der Waals surface area contributed by atoms with Gasteiger partial charge < -0.3 is 16.0 Å². The normalized spacial score (nSPS) is 17.8. The van der Waals surface area contributed by atoms with Crippen LogP contribution in [0.25, 0.3) is 11.1 Å². The van der Waals surface area contributed by atoms with E-state index in [1.54, 1.807) is 0 Å². The molecule has 1 fully saturated rings. The summed E-state index contributed by atoms with van der Waals surface area (Å²) < 4.78 is 8.52. The molecule has 1 aromatic heterocycles. The molecule has 4 N–H and O–H groups in total. The summed E-state index contributed by atoms with van der Waals surface area (Å²) in [4.78, 5) is 23.7. The molecule has 0 spiro atoms. The molecule has 7 nitrogen and oxygen atoms in total. The Kier molecular flexibility index (Phi) is 6.87. The Morgan fingerprint density at radius 2 is 1.85 bits per heavy atom. The standard InChI is InChI=1S/C31H32N6OS/c1-21-7-2-3-10-27(21)31(15-16-31)29(38)35-23-13-11-22(12-14-23)26-20-34-30-36-24-8-6-9-25(19-24)39(32)18-5-4-17-33-28(26)37-30/h2-3,6-14,19-20,32H,4-5,15-18H2,1H3,(H,35,38)(H2,33,34,36,37). The molecule has 2 heterocycles. The van der Waals surface area contributed by atoms with E-state index in [0.29, 0.717) is 5.95 Å². The number of aryl methyl sites for hydroxylation is 1. The van der Waals surface area contributed by atoms with Gasteiger partial charge in [0.25, 0.3) is 0 Å². The molecular formula is C31H32N6OS. The maximum absolute atomic E-state index is 13.3. The zero-order valence-electron chi connectivity index (χ0n) is 22.0. The van der Waals surface area contributed by atoms with E-state index in [4.69, 9.17) is 9.76 Å². The minimum atomic E-state index is -0.532. The Hall–Kier alpha value is -4.04. The average molecular weight is 537 g/mol. The van der Waals surface area contributed by atoms with E-state index in [-0.39, 0.29) is 5.91 Å². The van der Waals surface area contributed by atoms with Crippen LogP contribution in [0.4, 0.5) is 23.1 Å². The Bertz CT molecular complexity index is 1550. The van der Waals surface area contributed by atoms with Crippen molar-refractivity contribution in [3.63, 3.8) is 0 Å². The quantitative estimate of drug-likeness (QED) is 0.229. The third kappa shape index (κ3) is 5.29. The summed E-state index contributed by atoms with van der Waals surface area (Å²) in [7, 11) is -0.532. The van der Waals surface area contributed by atoms with Crippen molar-refractivity contribution in [1.29, 1.82) is 4.78 Å². The van der Waals surface area contributed by atoms with E-state index < -0.39 is 16.1 Å². The summed E-state index contributed by atoms with van der Waals surface area (Å²) in [6.45, 7) is 2.84. The summed E-state index contributed by atoms with van der Waals surface area (Å²) in [5, 5.41) is 9.94. The first-order valence-corrected chi connectivity index (χ1v) is 14.8. The molecular weight excluding hydrogens is 504 g/mol. The van der Waals surface area contributed by atoms with Crippen molar-refractivity contribution in [3.8, 4) is 11.1 Å². The first-order chi connectivity index (χ1) is 19.0. The fourth-order valence-corrected chi connectivity index (χ4v) is 6.42. The molecule has 1 amide bonds.